The standard InChI is InChI=1S/CH9N7/c2-6-1(7-3)8(4)5/h2-5H2,(H,6,7). The Labute approximate surface area is 46.2 Å². The average Bonchev–Trinajstić information content (AvgIpc) is 1.69. The molecule has 0 saturated heterocycles. The van der Waals surface area contributed by atoms with Crippen molar-refractivity contribution in [3.8, 4) is 0 Å². The van der Waals surface area contributed by atoms with Crippen molar-refractivity contribution in [2.24, 2.45) is 28.5 Å². The maximum atomic E-state index is 4.92. The molecule has 0 aliphatic carbocycles. The quantitative estimate of drug-likeness (QED) is 0.0983. The minimum absolute atomic E-state index is 0.00463. The Kier molecular flexibility index (Phi) is 2.62. The first-order valence-corrected chi connectivity index (χ1v) is 1.76. The molecule has 8 heavy (non-hydrogen) atoms. The molecule has 7 heteroatoms. The number of nitrogens with one attached hydrogen (secondary N) is 1. The molecule has 0 amide bonds. The highest BCUT2D eigenvalue weighted by molar-refractivity contribution is 5.77. The first-order valence-electron chi connectivity index (χ1n) is 1.76. The summed E-state index contributed by atoms with van der Waals surface area (Å²) in [6.07, 6.45) is 0. The van der Waals surface area contributed by atoms with Gasteiger partial charge in [0.15, 0.2) is 0 Å². The molecule has 0 unspecified atom stereocenters. The Morgan fingerprint density at radius 2 is 2.00 bits per heavy atom. The lowest BCUT2D eigenvalue weighted by molar-refractivity contribution is 0.444. The molecule has 0 aromatic carbocycles. The zero-order valence-corrected chi connectivity index (χ0v) is 4.20. The topological polar surface area (TPSA) is 132 Å². The van der Waals surface area contributed by atoms with Crippen LogP contribution in [0.4, 0.5) is 0 Å². The van der Waals surface area contributed by atoms with Crippen LogP contribution in [-0.2, 0) is 0 Å². The van der Waals surface area contributed by atoms with E-state index in [1.807, 2.05) is 0 Å². The van der Waals surface area contributed by atoms with Crippen LogP contribution in [0.15, 0.2) is 5.10 Å². The lowest BCUT2D eigenvalue weighted by Crippen LogP contribution is -2.52. The van der Waals surface area contributed by atoms with Gasteiger partial charge in [0, 0.05) is 0 Å². The van der Waals surface area contributed by atoms with Crippen LogP contribution in [0.25, 0.3) is 0 Å². The Hall–Kier alpha value is -1.05. The second kappa shape index (κ2) is 3.02. The number of hydrogen-bond donors (Lipinski definition) is 5. The summed E-state index contributed by atoms with van der Waals surface area (Å²) in [6, 6.07) is 0. The molecule has 9 N–H and O–H groups in total. The maximum absolute atomic E-state index is 4.92. The summed E-state index contributed by atoms with van der Waals surface area (Å²) in [7, 11) is 0. The van der Waals surface area contributed by atoms with Gasteiger partial charge >= 0.3 is 0 Å². The third-order valence-corrected chi connectivity index (χ3v) is 0.496. The molecule has 0 heterocycles. The van der Waals surface area contributed by atoms with Crippen molar-refractivity contribution in [2.45, 2.75) is 0 Å². The van der Waals surface area contributed by atoms with E-state index in [0.717, 1.165) is 0 Å². The van der Waals surface area contributed by atoms with Crippen molar-refractivity contribution in [3.05, 3.63) is 0 Å². The normalized spacial score (nSPS) is 11.1. The lowest BCUT2D eigenvalue weighted by atomic mass is 11.0. The molecule has 0 atom stereocenters. The Morgan fingerprint density at radius 1 is 1.50 bits per heavy atom. The molecule has 0 spiro atoms. The average molecular weight is 119 g/mol. The van der Waals surface area contributed by atoms with Crippen molar-refractivity contribution in [3.63, 3.8) is 0 Å². The molecular weight excluding hydrogens is 110 g/mol. The minimum Gasteiger partial charge on any atom is -0.320 e. The summed E-state index contributed by atoms with van der Waals surface area (Å²) in [4.78, 5) is 0. The predicted octanol–water partition coefficient (Wildman–Crippen LogP) is -3.27. The molecule has 0 aromatic heterocycles. The molecule has 48 valence electrons. The summed E-state index contributed by atoms with van der Waals surface area (Å²) in [6.45, 7) is 0. The number of nitrogens with zero attached hydrogens (tertiary/aromatic N) is 2. The Morgan fingerprint density at radius 3 is 2.00 bits per heavy atom. The van der Waals surface area contributed by atoms with Gasteiger partial charge in [0.2, 0.25) is 0 Å². The van der Waals surface area contributed by atoms with Crippen molar-refractivity contribution >= 4 is 5.96 Å². The van der Waals surface area contributed by atoms with Gasteiger partial charge in [-0.15, -0.1) is 5.10 Å². The molecule has 0 radical (unpaired) electrons. The molecule has 0 rings (SSSR count). The number of guanidine groups is 1. The molecule has 0 fully saturated rings. The molecule has 0 aromatic rings. The molecule has 0 bridgehead atoms. The number of rotatable bonds is 0. The third kappa shape index (κ3) is 1.60. The largest absolute Gasteiger partial charge is 0.320 e. The van der Waals surface area contributed by atoms with E-state index in [9.17, 15) is 0 Å². The van der Waals surface area contributed by atoms with Crippen LogP contribution in [0, 0.1) is 0 Å². The van der Waals surface area contributed by atoms with Gasteiger partial charge in [0.25, 0.3) is 5.96 Å². The Balaban J connectivity index is 3.72. The first-order chi connectivity index (χ1) is 3.72. The summed E-state index contributed by atoms with van der Waals surface area (Å²) in [5.41, 5.74) is 2.05. The molecular formula is CH9N7. The fourth-order valence-corrected chi connectivity index (χ4v) is 0.178. The number of hydrogen-bond acceptors (Lipinski definition) is 5. The van der Waals surface area contributed by atoms with Crippen LogP contribution in [0.2, 0.25) is 0 Å². The van der Waals surface area contributed by atoms with E-state index < -0.39 is 0 Å². The van der Waals surface area contributed by atoms with Crippen LogP contribution in [0.5, 0.6) is 0 Å². The first kappa shape index (κ1) is 6.95. The third-order valence-electron chi connectivity index (χ3n) is 0.496. The highest BCUT2D eigenvalue weighted by Crippen LogP contribution is 1.60. The van der Waals surface area contributed by atoms with E-state index in [0.29, 0.717) is 5.12 Å². The fraction of sp³-hybridized carbons (Fsp3) is 0. The van der Waals surface area contributed by atoms with Crippen molar-refractivity contribution in [2.75, 3.05) is 0 Å². The van der Waals surface area contributed by atoms with Gasteiger partial charge < -0.3 is 5.84 Å². The zero-order chi connectivity index (χ0) is 6.57. The van der Waals surface area contributed by atoms with E-state index in [2.05, 4.69) is 10.5 Å². The number of hydrazine groups is 3. The smallest absolute Gasteiger partial charge is 0.259 e. The minimum atomic E-state index is 0.00463. The molecule has 0 aliphatic rings. The van der Waals surface area contributed by atoms with Gasteiger partial charge in [0.05, 0.1) is 0 Å². The molecule has 0 saturated carbocycles. The van der Waals surface area contributed by atoms with Gasteiger partial charge in [-0.1, -0.05) is 0 Å². The van der Waals surface area contributed by atoms with Crippen molar-refractivity contribution < 1.29 is 0 Å². The zero-order valence-electron chi connectivity index (χ0n) is 4.20. The summed E-state index contributed by atoms with van der Waals surface area (Å²) in [5, 5.41) is 3.73. The molecule has 0 aliphatic heterocycles. The summed E-state index contributed by atoms with van der Waals surface area (Å²) >= 11 is 0. The van der Waals surface area contributed by atoms with E-state index in [4.69, 9.17) is 23.4 Å². The highest BCUT2D eigenvalue weighted by Gasteiger charge is 1.94. The second-order valence-corrected chi connectivity index (χ2v) is 1.00. The van der Waals surface area contributed by atoms with Crippen molar-refractivity contribution in [1.29, 1.82) is 0 Å². The number of hydrazone groups is 1. The van der Waals surface area contributed by atoms with E-state index in [-0.39, 0.29) is 5.96 Å². The van der Waals surface area contributed by atoms with Gasteiger partial charge in [-0.3, -0.25) is 5.43 Å². The fourth-order valence-electron chi connectivity index (χ4n) is 0.178. The van der Waals surface area contributed by atoms with Crippen LogP contribution in [0.3, 0.4) is 0 Å². The van der Waals surface area contributed by atoms with E-state index in [1.165, 1.54) is 0 Å². The van der Waals surface area contributed by atoms with E-state index >= 15 is 0 Å². The van der Waals surface area contributed by atoms with Gasteiger partial charge in [0.1, 0.15) is 0 Å². The maximum Gasteiger partial charge on any atom is 0.259 e. The predicted molar refractivity (Wildman–Crippen MR) is 29.2 cm³/mol. The summed E-state index contributed by atoms with van der Waals surface area (Å²) < 4.78 is 0. The monoisotopic (exact) mass is 119 g/mol. The van der Waals surface area contributed by atoms with Gasteiger partial charge in [-0.25, -0.2) is 22.6 Å². The van der Waals surface area contributed by atoms with Crippen LogP contribution in [-0.4, -0.2) is 11.1 Å². The highest BCUT2D eigenvalue weighted by atomic mass is 15.7. The van der Waals surface area contributed by atoms with Crippen LogP contribution < -0.4 is 28.8 Å². The lowest BCUT2D eigenvalue weighted by Gasteiger charge is -2.10. The van der Waals surface area contributed by atoms with Crippen LogP contribution in [0.1, 0.15) is 0 Å². The number of nitrogens with two attached hydrogens (primary N) is 4. The van der Waals surface area contributed by atoms with Crippen molar-refractivity contribution in [1.82, 2.24) is 10.5 Å². The Bertz CT molecular complexity index is 82.4. The summed E-state index contributed by atoms with van der Waals surface area (Å²) in [5.74, 6) is 19.4. The van der Waals surface area contributed by atoms with E-state index in [1.54, 1.807) is 0 Å². The second-order valence-electron chi connectivity index (χ2n) is 1.00. The van der Waals surface area contributed by atoms with Gasteiger partial charge in [-0.2, -0.15) is 0 Å². The van der Waals surface area contributed by atoms with Crippen LogP contribution >= 0.6 is 0 Å². The SMILES string of the molecule is N/N=C(\NN)N(N)N. The van der Waals surface area contributed by atoms with Gasteiger partial charge in [-0.05, 0) is 0 Å². The molecule has 7 nitrogen and oxygen atoms in total.